The summed E-state index contributed by atoms with van der Waals surface area (Å²) in [5.74, 6) is 1.12. The second kappa shape index (κ2) is 4.51. The number of benzene rings is 1. The first kappa shape index (κ1) is 11.4. The summed E-state index contributed by atoms with van der Waals surface area (Å²) in [4.78, 5) is 5.11. The lowest BCUT2D eigenvalue weighted by Gasteiger charge is -1.89. The number of thiophene rings is 1. The fourth-order valence-corrected chi connectivity index (χ4v) is 2.82. The van der Waals surface area contributed by atoms with E-state index < -0.39 is 0 Å². The number of oxazole rings is 1. The highest BCUT2D eigenvalue weighted by molar-refractivity contribution is 7.22. The summed E-state index contributed by atoms with van der Waals surface area (Å²) in [6.07, 6.45) is 2.31. The normalized spacial score (nSPS) is 11.2. The first-order valence-corrected chi connectivity index (χ1v) is 6.42. The summed E-state index contributed by atoms with van der Waals surface area (Å²) in [7, 11) is 0. The van der Waals surface area contributed by atoms with Gasteiger partial charge in [0.2, 0.25) is 0 Å². The topological polar surface area (TPSA) is 52.0 Å². The molecule has 0 atom stereocenters. The quantitative estimate of drug-likeness (QED) is 0.788. The van der Waals surface area contributed by atoms with Crippen LogP contribution >= 0.6 is 11.3 Å². The van der Waals surface area contributed by atoms with Crippen molar-refractivity contribution in [3.63, 3.8) is 0 Å². The van der Waals surface area contributed by atoms with Gasteiger partial charge in [0.25, 0.3) is 0 Å². The van der Waals surface area contributed by atoms with E-state index in [4.69, 9.17) is 10.2 Å². The smallest absolute Gasteiger partial charge is 0.196 e. The third-order valence-electron chi connectivity index (χ3n) is 2.64. The third-order valence-corrected chi connectivity index (χ3v) is 3.75. The van der Waals surface area contributed by atoms with Gasteiger partial charge in [0.15, 0.2) is 11.7 Å². The number of rotatable bonds is 3. The van der Waals surface area contributed by atoms with Crippen molar-refractivity contribution in [3.8, 4) is 10.6 Å². The molecule has 2 heterocycles. The van der Waals surface area contributed by atoms with Crippen molar-refractivity contribution in [2.24, 2.45) is 5.73 Å². The summed E-state index contributed by atoms with van der Waals surface area (Å²) < 4.78 is 19.6. The van der Waals surface area contributed by atoms with Gasteiger partial charge in [0, 0.05) is 17.7 Å². The maximum Gasteiger partial charge on any atom is 0.196 e. The molecule has 18 heavy (non-hydrogen) atoms. The van der Waals surface area contributed by atoms with Crippen LogP contribution in [0.2, 0.25) is 0 Å². The van der Waals surface area contributed by atoms with E-state index in [0.717, 1.165) is 15.0 Å². The number of nitrogens with zero attached hydrogens (tertiary/aromatic N) is 1. The lowest BCUT2D eigenvalue weighted by Crippen LogP contribution is -2.02. The van der Waals surface area contributed by atoms with Crippen LogP contribution in [0.3, 0.4) is 0 Å². The van der Waals surface area contributed by atoms with Crippen molar-refractivity contribution in [2.75, 3.05) is 6.54 Å². The summed E-state index contributed by atoms with van der Waals surface area (Å²) in [6.45, 7) is 0.511. The van der Waals surface area contributed by atoms with Crippen LogP contribution in [0.1, 0.15) is 5.89 Å². The molecule has 2 N–H and O–H groups in total. The number of hydrogen-bond donors (Lipinski definition) is 1. The van der Waals surface area contributed by atoms with E-state index in [0.29, 0.717) is 24.6 Å². The summed E-state index contributed by atoms with van der Waals surface area (Å²) in [5.41, 5.74) is 5.45. The Hall–Kier alpha value is -1.72. The molecular weight excluding hydrogens is 251 g/mol. The molecule has 0 bridgehead atoms. The molecule has 0 fully saturated rings. The van der Waals surface area contributed by atoms with Crippen molar-refractivity contribution >= 4 is 21.4 Å². The zero-order chi connectivity index (χ0) is 12.5. The Kier molecular flexibility index (Phi) is 2.85. The van der Waals surface area contributed by atoms with Gasteiger partial charge in [0.05, 0.1) is 11.1 Å². The highest BCUT2D eigenvalue weighted by atomic mass is 32.1. The van der Waals surface area contributed by atoms with Crippen molar-refractivity contribution in [3.05, 3.63) is 42.2 Å². The molecule has 1 aromatic carbocycles. The van der Waals surface area contributed by atoms with E-state index in [1.165, 1.54) is 23.5 Å². The molecule has 0 amide bonds. The molecule has 0 saturated carbocycles. The number of halogens is 1. The molecule has 5 heteroatoms. The predicted octanol–water partition coefficient (Wildman–Crippen LogP) is 3.20. The molecule has 0 aliphatic carbocycles. The molecule has 0 spiro atoms. The average Bonchev–Trinajstić information content (AvgIpc) is 2.94. The summed E-state index contributed by atoms with van der Waals surface area (Å²) >= 11 is 1.49. The molecular formula is C13H11FN2OS. The van der Waals surface area contributed by atoms with Crippen molar-refractivity contribution in [1.82, 2.24) is 4.98 Å². The molecule has 3 rings (SSSR count). The van der Waals surface area contributed by atoms with Crippen LogP contribution in [-0.2, 0) is 6.42 Å². The van der Waals surface area contributed by atoms with Crippen LogP contribution in [0.25, 0.3) is 20.7 Å². The Bertz CT molecular complexity index is 689. The van der Waals surface area contributed by atoms with E-state index in [2.05, 4.69) is 4.98 Å². The molecule has 2 aromatic heterocycles. The maximum atomic E-state index is 13.1. The van der Waals surface area contributed by atoms with Crippen LogP contribution in [0.4, 0.5) is 4.39 Å². The van der Waals surface area contributed by atoms with E-state index in [1.54, 1.807) is 12.3 Å². The molecule has 0 aliphatic rings. The largest absolute Gasteiger partial charge is 0.440 e. The van der Waals surface area contributed by atoms with Crippen LogP contribution in [0, 0.1) is 5.82 Å². The second-order valence-electron chi connectivity index (χ2n) is 3.95. The molecule has 0 aliphatic heterocycles. The van der Waals surface area contributed by atoms with E-state index in [9.17, 15) is 4.39 Å². The van der Waals surface area contributed by atoms with Crippen LogP contribution < -0.4 is 5.73 Å². The second-order valence-corrected chi connectivity index (χ2v) is 5.03. The fourth-order valence-electron chi connectivity index (χ4n) is 1.79. The van der Waals surface area contributed by atoms with Gasteiger partial charge in [0.1, 0.15) is 5.82 Å². The van der Waals surface area contributed by atoms with Gasteiger partial charge in [-0.3, -0.25) is 0 Å². The van der Waals surface area contributed by atoms with Crippen LogP contribution in [0.15, 0.2) is 34.9 Å². The lowest BCUT2D eigenvalue weighted by molar-refractivity contribution is 0.509. The first-order chi connectivity index (χ1) is 8.76. The van der Waals surface area contributed by atoms with Crippen molar-refractivity contribution in [2.45, 2.75) is 6.42 Å². The SMILES string of the molecule is NCCc1ncc(-c2cc3ccc(F)cc3s2)o1. The molecule has 92 valence electrons. The number of hydrogen-bond acceptors (Lipinski definition) is 4. The number of aromatic nitrogens is 1. The van der Waals surface area contributed by atoms with Crippen LogP contribution in [-0.4, -0.2) is 11.5 Å². The van der Waals surface area contributed by atoms with Crippen molar-refractivity contribution < 1.29 is 8.81 Å². The van der Waals surface area contributed by atoms with Gasteiger partial charge in [-0.05, 0) is 23.6 Å². The Morgan fingerprint density at radius 3 is 3.06 bits per heavy atom. The Labute approximate surface area is 107 Å². The van der Waals surface area contributed by atoms with Crippen LogP contribution in [0.5, 0.6) is 0 Å². The fraction of sp³-hybridized carbons (Fsp3) is 0.154. The molecule has 0 radical (unpaired) electrons. The minimum atomic E-state index is -0.225. The van der Waals surface area contributed by atoms with Gasteiger partial charge in [-0.2, -0.15) is 0 Å². The van der Waals surface area contributed by atoms with Gasteiger partial charge in [-0.15, -0.1) is 11.3 Å². The van der Waals surface area contributed by atoms with Gasteiger partial charge < -0.3 is 10.2 Å². The van der Waals surface area contributed by atoms with E-state index in [1.807, 2.05) is 6.07 Å². The van der Waals surface area contributed by atoms with E-state index >= 15 is 0 Å². The molecule has 0 saturated heterocycles. The number of nitrogens with two attached hydrogens (primary N) is 1. The summed E-state index contributed by atoms with van der Waals surface area (Å²) in [5, 5.41) is 1.01. The Morgan fingerprint density at radius 1 is 1.33 bits per heavy atom. The molecule has 3 aromatic rings. The highest BCUT2D eigenvalue weighted by Gasteiger charge is 2.10. The standard InChI is InChI=1S/C13H11FN2OS/c14-9-2-1-8-5-12(18-11(8)6-9)10-7-16-13(17-10)3-4-15/h1-2,5-7H,3-4,15H2. The highest BCUT2D eigenvalue weighted by Crippen LogP contribution is 2.34. The average molecular weight is 262 g/mol. The van der Waals surface area contributed by atoms with Gasteiger partial charge >= 0.3 is 0 Å². The predicted molar refractivity (Wildman–Crippen MR) is 70.0 cm³/mol. The summed E-state index contributed by atoms with van der Waals surface area (Å²) in [6, 6.07) is 6.73. The Balaban J connectivity index is 2.02. The zero-order valence-electron chi connectivity index (χ0n) is 9.52. The third kappa shape index (κ3) is 2.02. The van der Waals surface area contributed by atoms with Crippen molar-refractivity contribution in [1.29, 1.82) is 0 Å². The molecule has 0 unspecified atom stereocenters. The lowest BCUT2D eigenvalue weighted by atomic mass is 10.2. The minimum absolute atomic E-state index is 0.225. The molecule has 3 nitrogen and oxygen atoms in total. The first-order valence-electron chi connectivity index (χ1n) is 5.60. The van der Waals surface area contributed by atoms with Gasteiger partial charge in [-0.1, -0.05) is 6.07 Å². The monoisotopic (exact) mass is 262 g/mol. The number of fused-ring (bicyclic) bond motifs is 1. The Morgan fingerprint density at radius 2 is 2.22 bits per heavy atom. The van der Waals surface area contributed by atoms with E-state index in [-0.39, 0.29) is 5.82 Å². The van der Waals surface area contributed by atoms with Gasteiger partial charge in [-0.25, -0.2) is 9.37 Å². The zero-order valence-corrected chi connectivity index (χ0v) is 10.3. The maximum absolute atomic E-state index is 13.1. The minimum Gasteiger partial charge on any atom is -0.440 e.